The second kappa shape index (κ2) is 5.34. The summed E-state index contributed by atoms with van der Waals surface area (Å²) >= 11 is 0. The smallest absolute Gasteiger partial charge is 0.387 e. The van der Waals surface area contributed by atoms with Gasteiger partial charge in [0.1, 0.15) is 5.75 Å². The minimum Gasteiger partial charge on any atom is -0.435 e. The molecule has 1 N–H and O–H groups in total. The average Bonchev–Trinajstić information content (AvgIpc) is 3.08. The van der Waals surface area contributed by atoms with Crippen molar-refractivity contribution in [3.05, 3.63) is 42.2 Å². The van der Waals surface area contributed by atoms with Gasteiger partial charge in [-0.3, -0.25) is 4.79 Å². The third-order valence-electron chi connectivity index (χ3n) is 2.89. The molecule has 2 atom stereocenters. The molecule has 1 saturated carbocycles. The lowest BCUT2D eigenvalue weighted by atomic mass is 10.1. The Kier molecular flexibility index (Phi) is 3.78. The number of nitrogens with one attached hydrogen (secondary N) is 1. The number of ether oxygens (including phenoxy) is 1. The van der Waals surface area contributed by atoms with E-state index in [-0.39, 0.29) is 17.7 Å². The molecule has 1 aromatic carbocycles. The van der Waals surface area contributed by atoms with Crippen LogP contribution < -0.4 is 10.1 Å². The highest BCUT2D eigenvalue weighted by atomic mass is 19.3. The molecule has 1 fully saturated rings. The van der Waals surface area contributed by atoms with E-state index >= 15 is 0 Å². The van der Waals surface area contributed by atoms with E-state index in [9.17, 15) is 18.0 Å². The maximum absolute atomic E-state index is 12.5. The first-order valence-corrected chi connectivity index (χ1v) is 5.68. The summed E-state index contributed by atoms with van der Waals surface area (Å²) in [5, 5.41) is 2.43. The monoisotopic (exact) mass is 271 g/mol. The molecule has 0 spiro atoms. The van der Waals surface area contributed by atoms with Gasteiger partial charge >= 0.3 is 6.61 Å². The number of benzene rings is 1. The molecule has 102 valence electrons. The van der Waals surface area contributed by atoms with Gasteiger partial charge in [0, 0.05) is 12.0 Å². The van der Waals surface area contributed by atoms with Gasteiger partial charge in [0.2, 0.25) is 0 Å². The van der Waals surface area contributed by atoms with Crippen molar-refractivity contribution in [2.24, 2.45) is 0 Å². The molecular weight excluding hydrogens is 259 g/mol. The molecule has 0 heterocycles. The van der Waals surface area contributed by atoms with Crippen LogP contribution in [0.3, 0.4) is 0 Å². The summed E-state index contributed by atoms with van der Waals surface area (Å²) in [6, 6.07) is 6.09. The van der Waals surface area contributed by atoms with Gasteiger partial charge in [0.25, 0.3) is 5.91 Å². The number of alkyl halides is 2. The Morgan fingerprint density at radius 1 is 1.42 bits per heavy atom. The standard InChI is InChI=1S/C13H12F3NO2/c1-7(14)12(18)17-10-6-9(10)8-4-2-3-5-11(8)19-13(15)16/h2-5,9-10,13H,1,6H2,(H,17,18)/t9-,10+/m0/s1. The van der Waals surface area contributed by atoms with Gasteiger partial charge in [-0.1, -0.05) is 24.8 Å². The van der Waals surface area contributed by atoms with Crippen LogP contribution in [0, 0.1) is 0 Å². The van der Waals surface area contributed by atoms with Gasteiger partial charge in [-0.25, -0.2) is 4.39 Å². The summed E-state index contributed by atoms with van der Waals surface area (Å²) in [7, 11) is 0. The van der Waals surface area contributed by atoms with E-state index in [1.54, 1.807) is 18.2 Å². The zero-order chi connectivity index (χ0) is 14.0. The number of halogens is 3. The van der Waals surface area contributed by atoms with Crippen LogP contribution in [0.2, 0.25) is 0 Å². The summed E-state index contributed by atoms with van der Waals surface area (Å²) in [6.45, 7) is -0.0161. The second-order valence-electron chi connectivity index (χ2n) is 4.24. The fourth-order valence-corrected chi connectivity index (χ4v) is 1.94. The van der Waals surface area contributed by atoms with Gasteiger partial charge in [-0.15, -0.1) is 0 Å². The third-order valence-corrected chi connectivity index (χ3v) is 2.89. The van der Waals surface area contributed by atoms with E-state index in [2.05, 4.69) is 16.6 Å². The summed E-state index contributed by atoms with van der Waals surface area (Å²) in [6.07, 6.45) is 0.558. The van der Waals surface area contributed by atoms with Crippen LogP contribution in [0.25, 0.3) is 0 Å². The largest absolute Gasteiger partial charge is 0.435 e. The minimum absolute atomic E-state index is 0.0818. The normalized spacial score (nSPS) is 21.1. The van der Waals surface area contributed by atoms with Gasteiger partial charge in [0.15, 0.2) is 5.83 Å². The first-order chi connectivity index (χ1) is 8.99. The predicted molar refractivity (Wildman–Crippen MR) is 62.6 cm³/mol. The van der Waals surface area contributed by atoms with Crippen LogP contribution >= 0.6 is 0 Å². The lowest BCUT2D eigenvalue weighted by Gasteiger charge is -2.10. The number of rotatable bonds is 5. The van der Waals surface area contributed by atoms with Gasteiger partial charge in [0.05, 0.1) is 0 Å². The Labute approximate surface area is 108 Å². The molecule has 0 radical (unpaired) electrons. The molecule has 1 aliphatic carbocycles. The molecule has 0 bridgehead atoms. The fourth-order valence-electron chi connectivity index (χ4n) is 1.94. The van der Waals surface area contributed by atoms with Crippen molar-refractivity contribution in [1.29, 1.82) is 0 Å². The summed E-state index contributed by atoms with van der Waals surface area (Å²) in [5.74, 6) is -2.00. The fraction of sp³-hybridized carbons (Fsp3) is 0.308. The summed E-state index contributed by atoms with van der Waals surface area (Å²) < 4.78 is 41.4. The van der Waals surface area contributed by atoms with Crippen LogP contribution in [0.1, 0.15) is 17.9 Å². The zero-order valence-corrected chi connectivity index (χ0v) is 9.91. The SMILES string of the molecule is C=C(F)C(=O)N[C@@H]1C[C@H]1c1ccccc1OC(F)F. The van der Waals surface area contributed by atoms with Gasteiger partial charge in [-0.05, 0) is 18.1 Å². The van der Waals surface area contributed by atoms with E-state index in [1.165, 1.54) is 6.07 Å². The Bertz CT molecular complexity index is 504. The molecule has 1 aromatic rings. The Morgan fingerprint density at radius 3 is 2.74 bits per heavy atom. The van der Waals surface area contributed by atoms with E-state index < -0.39 is 18.3 Å². The van der Waals surface area contributed by atoms with Gasteiger partial charge in [-0.2, -0.15) is 8.78 Å². The van der Waals surface area contributed by atoms with Crippen molar-refractivity contribution >= 4 is 5.91 Å². The quantitative estimate of drug-likeness (QED) is 0.836. The van der Waals surface area contributed by atoms with E-state index in [0.717, 1.165) is 0 Å². The number of hydrogen-bond acceptors (Lipinski definition) is 2. The lowest BCUT2D eigenvalue weighted by Crippen LogP contribution is -2.26. The Morgan fingerprint density at radius 2 is 2.11 bits per heavy atom. The number of carbonyl (C=O) groups is 1. The van der Waals surface area contributed by atoms with Crippen LogP contribution in [0.5, 0.6) is 5.75 Å². The third kappa shape index (κ3) is 3.27. The second-order valence-corrected chi connectivity index (χ2v) is 4.24. The first-order valence-electron chi connectivity index (χ1n) is 5.68. The van der Waals surface area contributed by atoms with Crippen LogP contribution in [-0.2, 0) is 4.79 Å². The molecule has 2 rings (SSSR count). The molecule has 1 aliphatic rings. The lowest BCUT2D eigenvalue weighted by molar-refractivity contribution is -0.119. The minimum atomic E-state index is -2.90. The Hall–Kier alpha value is -1.98. The topological polar surface area (TPSA) is 38.3 Å². The maximum Gasteiger partial charge on any atom is 0.387 e. The van der Waals surface area contributed by atoms with Crippen LogP contribution in [0.4, 0.5) is 13.2 Å². The molecule has 1 amide bonds. The van der Waals surface area contributed by atoms with Crippen molar-refractivity contribution in [3.63, 3.8) is 0 Å². The van der Waals surface area contributed by atoms with Gasteiger partial charge < -0.3 is 10.1 Å². The highest BCUT2D eigenvalue weighted by Gasteiger charge is 2.41. The van der Waals surface area contributed by atoms with E-state index in [1.807, 2.05) is 0 Å². The summed E-state index contributed by atoms with van der Waals surface area (Å²) in [4.78, 5) is 11.1. The molecule has 0 unspecified atom stereocenters. The van der Waals surface area contributed by atoms with E-state index in [4.69, 9.17) is 0 Å². The predicted octanol–water partition coefficient (Wildman–Crippen LogP) is 2.74. The number of hydrogen-bond donors (Lipinski definition) is 1. The molecular formula is C13H12F3NO2. The Balaban J connectivity index is 2.04. The maximum atomic E-state index is 12.5. The number of carbonyl (C=O) groups excluding carboxylic acids is 1. The number of para-hydroxylation sites is 1. The highest BCUT2D eigenvalue weighted by molar-refractivity contribution is 5.91. The average molecular weight is 271 g/mol. The highest BCUT2D eigenvalue weighted by Crippen LogP contribution is 2.45. The molecule has 0 aromatic heterocycles. The number of amides is 1. The molecule has 3 nitrogen and oxygen atoms in total. The van der Waals surface area contributed by atoms with Crippen molar-refractivity contribution < 1.29 is 22.7 Å². The molecule has 6 heteroatoms. The summed E-state index contributed by atoms with van der Waals surface area (Å²) in [5.41, 5.74) is 0.581. The van der Waals surface area contributed by atoms with E-state index in [0.29, 0.717) is 12.0 Å². The van der Waals surface area contributed by atoms with Crippen LogP contribution in [0.15, 0.2) is 36.7 Å². The molecule has 0 saturated heterocycles. The van der Waals surface area contributed by atoms with Crippen molar-refractivity contribution in [2.75, 3.05) is 0 Å². The molecule has 0 aliphatic heterocycles. The van der Waals surface area contributed by atoms with Crippen LogP contribution in [-0.4, -0.2) is 18.6 Å². The first kappa shape index (κ1) is 13.5. The van der Waals surface area contributed by atoms with Crippen molar-refractivity contribution in [3.8, 4) is 5.75 Å². The van der Waals surface area contributed by atoms with Crippen molar-refractivity contribution in [1.82, 2.24) is 5.32 Å². The zero-order valence-electron chi connectivity index (χ0n) is 9.91. The van der Waals surface area contributed by atoms with Crippen molar-refractivity contribution in [2.45, 2.75) is 25.0 Å². The molecule has 19 heavy (non-hydrogen) atoms.